The number of rotatable bonds is 3. The second-order valence-corrected chi connectivity index (χ2v) is 6.19. The second-order valence-electron chi connectivity index (χ2n) is 4.18. The van der Waals surface area contributed by atoms with E-state index in [4.69, 9.17) is 0 Å². The topological polar surface area (TPSA) is 3.24 Å². The molecule has 16 heavy (non-hydrogen) atoms. The van der Waals surface area contributed by atoms with Crippen LogP contribution in [0.25, 0.3) is 0 Å². The minimum Gasteiger partial charge on any atom is -0.298 e. The van der Waals surface area contributed by atoms with E-state index in [1.165, 1.54) is 24.0 Å². The Kier molecular flexibility index (Phi) is 4.27. The van der Waals surface area contributed by atoms with Crippen molar-refractivity contribution >= 4 is 27.7 Å². The van der Waals surface area contributed by atoms with Crippen molar-refractivity contribution < 1.29 is 4.39 Å². The molecule has 1 aromatic carbocycles. The summed E-state index contributed by atoms with van der Waals surface area (Å²) >= 11 is 5.24. The van der Waals surface area contributed by atoms with Gasteiger partial charge in [-0.1, -0.05) is 6.07 Å². The van der Waals surface area contributed by atoms with Gasteiger partial charge in [-0.2, -0.15) is 11.8 Å². The van der Waals surface area contributed by atoms with E-state index >= 15 is 0 Å². The summed E-state index contributed by atoms with van der Waals surface area (Å²) in [7, 11) is 2.15. The Morgan fingerprint density at radius 3 is 3.00 bits per heavy atom. The van der Waals surface area contributed by atoms with Gasteiger partial charge in [0.25, 0.3) is 0 Å². The molecule has 0 saturated carbocycles. The first-order valence-corrected chi connectivity index (χ1v) is 7.33. The van der Waals surface area contributed by atoms with Crippen LogP contribution < -0.4 is 0 Å². The lowest BCUT2D eigenvalue weighted by atomic mass is 10.1. The number of hydrogen-bond donors (Lipinski definition) is 0. The molecule has 2 rings (SSSR count). The van der Waals surface area contributed by atoms with Gasteiger partial charge in [0.1, 0.15) is 5.82 Å². The van der Waals surface area contributed by atoms with Crippen LogP contribution in [0.1, 0.15) is 12.0 Å². The van der Waals surface area contributed by atoms with Gasteiger partial charge in [0.05, 0.1) is 4.47 Å². The van der Waals surface area contributed by atoms with Crippen molar-refractivity contribution in [3.05, 3.63) is 34.1 Å². The Labute approximate surface area is 109 Å². The Bertz CT molecular complexity index is 366. The number of hydrogen-bond acceptors (Lipinski definition) is 2. The second kappa shape index (κ2) is 5.52. The molecule has 1 aliphatic rings. The van der Waals surface area contributed by atoms with E-state index < -0.39 is 0 Å². The van der Waals surface area contributed by atoms with Gasteiger partial charge < -0.3 is 0 Å². The van der Waals surface area contributed by atoms with Gasteiger partial charge in [-0.3, -0.25) is 4.90 Å². The Morgan fingerprint density at radius 2 is 2.38 bits per heavy atom. The maximum absolute atomic E-state index is 13.1. The number of nitrogens with zero attached hydrogens (tertiary/aromatic N) is 1. The zero-order valence-corrected chi connectivity index (χ0v) is 11.7. The van der Waals surface area contributed by atoms with Crippen LogP contribution in [-0.2, 0) is 6.54 Å². The van der Waals surface area contributed by atoms with Gasteiger partial charge in [0.15, 0.2) is 0 Å². The quantitative estimate of drug-likeness (QED) is 0.840. The first-order valence-electron chi connectivity index (χ1n) is 5.39. The van der Waals surface area contributed by atoms with E-state index in [0.717, 1.165) is 12.1 Å². The van der Waals surface area contributed by atoms with Crippen LogP contribution in [0.4, 0.5) is 4.39 Å². The van der Waals surface area contributed by atoms with Crippen molar-refractivity contribution in [2.45, 2.75) is 19.0 Å². The highest BCUT2D eigenvalue weighted by Gasteiger charge is 2.19. The molecule has 1 aromatic rings. The van der Waals surface area contributed by atoms with Crippen LogP contribution in [0.3, 0.4) is 0 Å². The molecule has 0 bridgehead atoms. The third-order valence-electron chi connectivity index (χ3n) is 2.94. The summed E-state index contributed by atoms with van der Waals surface area (Å²) in [5, 5.41) is 0. The van der Waals surface area contributed by atoms with Gasteiger partial charge >= 0.3 is 0 Å². The smallest absolute Gasteiger partial charge is 0.137 e. The van der Waals surface area contributed by atoms with E-state index in [0.29, 0.717) is 10.5 Å². The summed E-state index contributed by atoms with van der Waals surface area (Å²) in [6.07, 6.45) is 1.27. The van der Waals surface area contributed by atoms with E-state index in [1.807, 2.05) is 23.9 Å². The summed E-state index contributed by atoms with van der Waals surface area (Å²) in [5.41, 5.74) is 1.16. The third kappa shape index (κ3) is 2.99. The average molecular weight is 304 g/mol. The minimum absolute atomic E-state index is 0.192. The van der Waals surface area contributed by atoms with Crippen LogP contribution in [0.5, 0.6) is 0 Å². The molecule has 1 unspecified atom stereocenters. The van der Waals surface area contributed by atoms with Crippen molar-refractivity contribution in [3.8, 4) is 0 Å². The predicted molar refractivity (Wildman–Crippen MR) is 71.3 cm³/mol. The maximum Gasteiger partial charge on any atom is 0.137 e. The molecule has 1 nitrogen and oxygen atoms in total. The molecular formula is C12H15BrFNS. The molecular weight excluding hydrogens is 289 g/mol. The molecule has 88 valence electrons. The summed E-state index contributed by atoms with van der Waals surface area (Å²) in [5.74, 6) is 2.30. The Morgan fingerprint density at radius 1 is 1.56 bits per heavy atom. The molecule has 1 atom stereocenters. The van der Waals surface area contributed by atoms with Crippen LogP contribution in [-0.4, -0.2) is 29.5 Å². The average Bonchev–Trinajstić information content (AvgIpc) is 2.77. The lowest BCUT2D eigenvalue weighted by molar-refractivity contribution is 0.254. The fraction of sp³-hybridized carbons (Fsp3) is 0.500. The Hall–Kier alpha value is -0.0600. The normalized spacial score (nSPS) is 20.6. The summed E-state index contributed by atoms with van der Waals surface area (Å²) in [4.78, 5) is 2.36. The zero-order valence-electron chi connectivity index (χ0n) is 9.25. The predicted octanol–water partition coefficient (Wildman–Crippen LogP) is 3.53. The van der Waals surface area contributed by atoms with Gasteiger partial charge in [0, 0.05) is 18.3 Å². The van der Waals surface area contributed by atoms with Crippen LogP contribution in [0, 0.1) is 5.82 Å². The fourth-order valence-corrected chi connectivity index (χ4v) is 3.65. The molecule has 4 heteroatoms. The van der Waals surface area contributed by atoms with Gasteiger partial charge in [-0.05, 0) is 52.8 Å². The minimum atomic E-state index is -0.192. The van der Waals surface area contributed by atoms with E-state index in [1.54, 1.807) is 0 Å². The molecule has 1 aliphatic heterocycles. The number of halogens is 2. The summed E-state index contributed by atoms with van der Waals surface area (Å²) in [6.45, 7) is 0.893. The largest absolute Gasteiger partial charge is 0.298 e. The van der Waals surface area contributed by atoms with Gasteiger partial charge in [-0.15, -0.1) is 0 Å². The van der Waals surface area contributed by atoms with E-state index in [9.17, 15) is 4.39 Å². The molecule has 1 fully saturated rings. The molecule has 0 radical (unpaired) electrons. The van der Waals surface area contributed by atoms with Crippen LogP contribution >= 0.6 is 27.7 Å². The highest BCUT2D eigenvalue weighted by atomic mass is 79.9. The number of thioether (sulfide) groups is 1. The lowest BCUT2D eigenvalue weighted by Gasteiger charge is -2.23. The highest BCUT2D eigenvalue weighted by molar-refractivity contribution is 9.10. The SMILES string of the molecule is CN(Cc1ccc(F)c(Br)c1)C1CCSC1. The van der Waals surface area contributed by atoms with Gasteiger partial charge in [-0.25, -0.2) is 4.39 Å². The number of benzene rings is 1. The highest BCUT2D eigenvalue weighted by Crippen LogP contribution is 2.23. The van der Waals surface area contributed by atoms with Crippen molar-refractivity contribution in [3.63, 3.8) is 0 Å². The van der Waals surface area contributed by atoms with Crippen LogP contribution in [0.2, 0.25) is 0 Å². The van der Waals surface area contributed by atoms with Crippen LogP contribution in [0.15, 0.2) is 22.7 Å². The summed E-state index contributed by atoms with van der Waals surface area (Å²) in [6, 6.07) is 5.93. The fourth-order valence-electron chi connectivity index (χ4n) is 1.92. The molecule has 0 amide bonds. The van der Waals surface area contributed by atoms with Crippen molar-refractivity contribution in [2.24, 2.45) is 0 Å². The molecule has 0 N–H and O–H groups in total. The maximum atomic E-state index is 13.1. The molecule has 0 aromatic heterocycles. The van der Waals surface area contributed by atoms with Crippen molar-refractivity contribution in [2.75, 3.05) is 18.6 Å². The first-order chi connectivity index (χ1) is 7.66. The molecule has 0 spiro atoms. The first kappa shape index (κ1) is 12.4. The molecule has 0 aliphatic carbocycles. The van der Waals surface area contributed by atoms with Gasteiger partial charge in [0.2, 0.25) is 0 Å². The monoisotopic (exact) mass is 303 g/mol. The third-order valence-corrected chi connectivity index (χ3v) is 4.70. The molecule has 1 saturated heterocycles. The van der Waals surface area contributed by atoms with Crippen molar-refractivity contribution in [1.82, 2.24) is 4.90 Å². The standard InChI is InChI=1S/C12H15BrFNS/c1-15(10-4-5-16-8-10)7-9-2-3-12(14)11(13)6-9/h2-3,6,10H,4-5,7-8H2,1H3. The summed E-state index contributed by atoms with van der Waals surface area (Å²) < 4.78 is 13.6. The van der Waals surface area contributed by atoms with E-state index in [2.05, 4.69) is 27.9 Å². The Balaban J connectivity index is 1.99. The zero-order chi connectivity index (χ0) is 11.5. The van der Waals surface area contributed by atoms with E-state index in [-0.39, 0.29) is 5.82 Å². The lowest BCUT2D eigenvalue weighted by Crippen LogP contribution is -2.30. The molecule has 1 heterocycles. The van der Waals surface area contributed by atoms with Crippen molar-refractivity contribution in [1.29, 1.82) is 0 Å².